The number of hydrogen-bond acceptors (Lipinski definition) is 3. The van der Waals surface area contributed by atoms with E-state index in [1.54, 1.807) is 0 Å². The molecule has 2 unspecified atom stereocenters. The van der Waals surface area contributed by atoms with Gasteiger partial charge in [0.05, 0.1) is 20.4 Å². The zero-order valence-corrected chi connectivity index (χ0v) is 6.16. The predicted molar refractivity (Wildman–Crippen MR) is 42.1 cm³/mol. The first-order valence-electron chi connectivity index (χ1n) is 3.72. The first-order valence-corrected chi connectivity index (χ1v) is 3.72. The average Bonchev–Trinajstić information content (AvgIpc) is 2.30. The second-order valence-electron chi connectivity index (χ2n) is 2.69. The normalized spacial score (nSPS) is 40.0. The lowest BCUT2D eigenvalue weighted by atomic mass is 9.51. The van der Waals surface area contributed by atoms with Crippen LogP contribution in [0.3, 0.4) is 0 Å². The van der Waals surface area contributed by atoms with Gasteiger partial charge in [0.15, 0.2) is 0 Å². The molecule has 10 heavy (non-hydrogen) atoms. The summed E-state index contributed by atoms with van der Waals surface area (Å²) in [6.45, 7) is -0.0718. The van der Waals surface area contributed by atoms with E-state index in [1.807, 2.05) is 7.74 Å². The lowest BCUT2D eigenvalue weighted by Gasteiger charge is -2.09. The molecule has 0 radical (unpaired) electrons. The van der Waals surface area contributed by atoms with Crippen molar-refractivity contribution in [3.63, 3.8) is 0 Å². The van der Waals surface area contributed by atoms with E-state index in [9.17, 15) is 5.11 Å². The summed E-state index contributed by atoms with van der Waals surface area (Å²) in [6.07, 6.45) is -0.137. The van der Waals surface area contributed by atoms with Gasteiger partial charge in [0.25, 0.3) is 0 Å². The Balaban J connectivity index is 2.36. The van der Waals surface area contributed by atoms with E-state index in [-0.39, 0.29) is 18.7 Å². The molecule has 1 aliphatic heterocycles. The SMILES string of the molecule is BB[C@H]1CC(O)C(CO)O1. The van der Waals surface area contributed by atoms with Crippen LogP contribution in [0.4, 0.5) is 0 Å². The zero-order valence-electron chi connectivity index (χ0n) is 6.16. The minimum Gasteiger partial charge on any atom is -0.394 e. The van der Waals surface area contributed by atoms with E-state index >= 15 is 0 Å². The van der Waals surface area contributed by atoms with Crippen LogP contribution in [0.2, 0.25) is 0 Å². The summed E-state index contributed by atoms with van der Waals surface area (Å²) in [5.41, 5.74) is 0. The summed E-state index contributed by atoms with van der Waals surface area (Å²) in [6, 6.07) is 0.146. The summed E-state index contributed by atoms with van der Waals surface area (Å²) in [5, 5.41) is 17.9. The number of hydrogen-bond donors (Lipinski definition) is 2. The van der Waals surface area contributed by atoms with Crippen LogP contribution in [0.1, 0.15) is 6.42 Å². The summed E-state index contributed by atoms with van der Waals surface area (Å²) >= 11 is 0. The Hall–Kier alpha value is 0.00987. The number of aliphatic hydroxyl groups is 2. The van der Waals surface area contributed by atoms with E-state index in [0.29, 0.717) is 6.42 Å². The molecule has 1 fully saturated rings. The first kappa shape index (κ1) is 8.11. The van der Waals surface area contributed by atoms with Gasteiger partial charge in [-0.15, -0.1) is 0 Å². The Labute approximate surface area is 62.0 Å². The predicted octanol–water partition coefficient (Wildman–Crippen LogP) is -2.56. The Kier molecular flexibility index (Phi) is 2.77. The highest BCUT2D eigenvalue weighted by Crippen LogP contribution is 2.18. The molecule has 0 aliphatic carbocycles. The topological polar surface area (TPSA) is 49.7 Å². The van der Waals surface area contributed by atoms with Crippen molar-refractivity contribution < 1.29 is 14.9 Å². The fourth-order valence-corrected chi connectivity index (χ4v) is 1.24. The maximum atomic E-state index is 9.21. The molecule has 1 aliphatic rings. The van der Waals surface area contributed by atoms with Gasteiger partial charge < -0.3 is 14.9 Å². The van der Waals surface area contributed by atoms with E-state index < -0.39 is 6.10 Å². The largest absolute Gasteiger partial charge is 0.394 e. The Morgan fingerprint density at radius 1 is 1.70 bits per heavy atom. The standard InChI is InChI=1S/C5H12B2O3/c6-7-5-1-3(9)4(2-8)10-5/h3-5,7-9H,1-2,6H2/t3?,4?,5-/m1/s1. The van der Waals surface area contributed by atoms with Crippen molar-refractivity contribution >= 4 is 14.9 Å². The second-order valence-corrected chi connectivity index (χ2v) is 2.69. The maximum Gasteiger partial charge on any atom is 0.119 e. The molecular formula is C5H12B2O3. The molecule has 56 valence electrons. The summed E-state index contributed by atoms with van der Waals surface area (Å²) in [4.78, 5) is 0. The molecular weight excluding hydrogens is 130 g/mol. The van der Waals surface area contributed by atoms with Crippen molar-refractivity contribution in [3.05, 3.63) is 0 Å². The second kappa shape index (κ2) is 3.42. The summed E-state index contributed by atoms with van der Waals surface area (Å²) < 4.78 is 5.27. The molecule has 0 spiro atoms. The van der Waals surface area contributed by atoms with Gasteiger partial charge in [-0.2, -0.15) is 0 Å². The molecule has 0 aromatic heterocycles. The minimum absolute atomic E-state index is 0.0718. The van der Waals surface area contributed by atoms with Crippen LogP contribution in [-0.2, 0) is 4.74 Å². The molecule has 0 saturated carbocycles. The van der Waals surface area contributed by atoms with Crippen LogP contribution in [0, 0.1) is 0 Å². The van der Waals surface area contributed by atoms with E-state index in [0.717, 1.165) is 7.17 Å². The van der Waals surface area contributed by atoms with Gasteiger partial charge in [0.1, 0.15) is 13.3 Å². The lowest BCUT2D eigenvalue weighted by Crippen LogP contribution is -2.24. The fourth-order valence-electron chi connectivity index (χ4n) is 1.24. The number of aliphatic hydroxyl groups excluding tert-OH is 2. The third kappa shape index (κ3) is 1.54. The van der Waals surface area contributed by atoms with Gasteiger partial charge in [0, 0.05) is 6.00 Å². The number of ether oxygens (including phenoxy) is 1. The van der Waals surface area contributed by atoms with Crippen molar-refractivity contribution in [2.45, 2.75) is 24.6 Å². The van der Waals surface area contributed by atoms with Crippen LogP contribution >= 0.6 is 0 Å². The highest BCUT2D eigenvalue weighted by atomic mass is 16.5. The van der Waals surface area contributed by atoms with E-state index in [4.69, 9.17) is 9.84 Å². The van der Waals surface area contributed by atoms with Crippen LogP contribution in [0.5, 0.6) is 0 Å². The monoisotopic (exact) mass is 142 g/mol. The Morgan fingerprint density at radius 3 is 2.70 bits per heavy atom. The van der Waals surface area contributed by atoms with Crippen molar-refractivity contribution in [2.75, 3.05) is 6.61 Å². The minimum atomic E-state index is -0.463. The summed E-state index contributed by atoms with van der Waals surface area (Å²) in [7, 11) is 2.92. The maximum absolute atomic E-state index is 9.21. The molecule has 0 aromatic carbocycles. The van der Waals surface area contributed by atoms with Crippen LogP contribution in [-0.4, -0.2) is 49.9 Å². The van der Waals surface area contributed by atoms with Crippen molar-refractivity contribution in [1.29, 1.82) is 0 Å². The molecule has 0 bridgehead atoms. The quantitative estimate of drug-likeness (QED) is 0.417. The van der Waals surface area contributed by atoms with Gasteiger partial charge in [-0.1, -0.05) is 0 Å². The molecule has 5 heteroatoms. The molecule has 1 saturated heterocycles. The molecule has 0 amide bonds. The number of rotatable bonds is 2. The van der Waals surface area contributed by atoms with Gasteiger partial charge in [-0.25, -0.2) is 0 Å². The molecule has 3 nitrogen and oxygen atoms in total. The summed E-state index contributed by atoms with van der Waals surface area (Å²) in [5.74, 6) is 0. The van der Waals surface area contributed by atoms with Gasteiger partial charge in [-0.05, 0) is 6.42 Å². The molecule has 1 rings (SSSR count). The molecule has 2 N–H and O–H groups in total. The first-order chi connectivity index (χ1) is 4.77. The van der Waals surface area contributed by atoms with Gasteiger partial charge >= 0.3 is 0 Å². The van der Waals surface area contributed by atoms with Crippen molar-refractivity contribution in [2.24, 2.45) is 0 Å². The Morgan fingerprint density at radius 2 is 2.40 bits per heavy atom. The molecule has 3 atom stereocenters. The average molecular weight is 142 g/mol. The van der Waals surface area contributed by atoms with E-state index in [2.05, 4.69) is 0 Å². The third-order valence-corrected chi connectivity index (χ3v) is 1.94. The van der Waals surface area contributed by atoms with Crippen molar-refractivity contribution in [1.82, 2.24) is 0 Å². The molecule has 0 aromatic rings. The van der Waals surface area contributed by atoms with Gasteiger partial charge in [0.2, 0.25) is 0 Å². The highest BCUT2D eigenvalue weighted by Gasteiger charge is 2.31. The third-order valence-electron chi connectivity index (χ3n) is 1.94. The lowest BCUT2D eigenvalue weighted by molar-refractivity contribution is -0.00434. The Bertz CT molecular complexity index is 111. The van der Waals surface area contributed by atoms with E-state index in [1.165, 1.54) is 0 Å². The van der Waals surface area contributed by atoms with Crippen LogP contribution in [0.15, 0.2) is 0 Å². The van der Waals surface area contributed by atoms with Gasteiger partial charge in [-0.3, -0.25) is 0 Å². The van der Waals surface area contributed by atoms with Crippen LogP contribution < -0.4 is 0 Å². The van der Waals surface area contributed by atoms with Crippen molar-refractivity contribution in [3.8, 4) is 0 Å². The highest BCUT2D eigenvalue weighted by molar-refractivity contribution is 6.90. The molecule has 1 heterocycles. The smallest absolute Gasteiger partial charge is 0.119 e. The fraction of sp³-hybridized carbons (Fsp3) is 1.00. The van der Waals surface area contributed by atoms with Crippen LogP contribution in [0.25, 0.3) is 0 Å². The zero-order chi connectivity index (χ0) is 7.56.